The first-order valence-electron chi connectivity index (χ1n) is 10.8. The average molecular weight is 468 g/mol. The molecular weight excluding hydrogens is 446 g/mol. The smallest absolute Gasteiger partial charge is 0.265 e. The molecule has 0 fully saturated rings. The minimum Gasteiger partial charge on any atom is -0.321 e. The highest BCUT2D eigenvalue weighted by atomic mass is 32.1. The van der Waals surface area contributed by atoms with Gasteiger partial charge in [-0.2, -0.15) is 0 Å². The first-order chi connectivity index (χ1) is 16.5. The molecule has 0 bridgehead atoms. The van der Waals surface area contributed by atoms with E-state index in [0.717, 1.165) is 11.3 Å². The molecule has 6 nitrogen and oxygen atoms in total. The molecule has 3 heterocycles. The Morgan fingerprint density at radius 2 is 1.97 bits per heavy atom. The minimum atomic E-state index is -0.214. The van der Waals surface area contributed by atoms with E-state index < -0.39 is 0 Å². The molecule has 2 aliphatic rings. The van der Waals surface area contributed by atoms with Crippen LogP contribution in [0.1, 0.15) is 44.5 Å². The van der Waals surface area contributed by atoms with Gasteiger partial charge in [0.1, 0.15) is 0 Å². The Bertz CT molecular complexity index is 1410. The molecular formula is C27H21N3O3S. The number of hydrogen-bond acceptors (Lipinski definition) is 5. The van der Waals surface area contributed by atoms with Crippen molar-refractivity contribution in [1.29, 1.82) is 0 Å². The second kappa shape index (κ2) is 9.03. The fraction of sp³-hybridized carbons (Fsp3) is 0.111. The predicted octanol–water partition coefficient (Wildman–Crippen LogP) is 5.36. The topological polar surface area (TPSA) is 87.6 Å². The number of thiophene rings is 1. The number of anilines is 2. The van der Waals surface area contributed by atoms with Crippen molar-refractivity contribution < 1.29 is 14.4 Å². The molecule has 5 rings (SSSR count). The molecule has 0 spiro atoms. The third kappa shape index (κ3) is 4.38. The molecule has 0 radical (unpaired) electrons. The lowest BCUT2D eigenvalue weighted by Crippen LogP contribution is -2.11. The van der Waals surface area contributed by atoms with Crippen molar-refractivity contribution in [3.63, 3.8) is 0 Å². The molecule has 0 aliphatic carbocycles. The number of carbonyl (C=O) groups is 3. The van der Waals surface area contributed by atoms with Crippen LogP contribution in [0, 0.1) is 0 Å². The molecule has 0 saturated carbocycles. The molecule has 2 amide bonds. The SMILES string of the molecule is CC1=CC(C/C=C2\C(=O)Nc3cc(C(=O)c4cccc(NC(=O)c5cccs5)c4)ccc32)=NC1. The summed E-state index contributed by atoms with van der Waals surface area (Å²) < 4.78 is 0. The van der Waals surface area contributed by atoms with Crippen molar-refractivity contribution in [1.82, 2.24) is 0 Å². The van der Waals surface area contributed by atoms with Gasteiger partial charge in [-0.3, -0.25) is 19.4 Å². The number of benzene rings is 2. The second-order valence-electron chi connectivity index (χ2n) is 8.18. The van der Waals surface area contributed by atoms with Gasteiger partial charge in [0.2, 0.25) is 0 Å². The van der Waals surface area contributed by atoms with Gasteiger partial charge >= 0.3 is 0 Å². The lowest BCUT2D eigenvalue weighted by molar-refractivity contribution is -0.110. The van der Waals surface area contributed by atoms with E-state index in [-0.39, 0.29) is 17.6 Å². The van der Waals surface area contributed by atoms with Crippen LogP contribution in [-0.2, 0) is 4.79 Å². The fourth-order valence-corrected chi connectivity index (χ4v) is 4.59. The molecule has 3 aromatic rings. The monoisotopic (exact) mass is 467 g/mol. The Morgan fingerprint density at radius 3 is 2.74 bits per heavy atom. The number of ketones is 1. The van der Waals surface area contributed by atoms with E-state index in [1.807, 2.05) is 30.5 Å². The number of nitrogens with one attached hydrogen (secondary N) is 2. The molecule has 0 unspecified atom stereocenters. The van der Waals surface area contributed by atoms with Gasteiger partial charge in [0.25, 0.3) is 11.8 Å². The van der Waals surface area contributed by atoms with E-state index in [4.69, 9.17) is 0 Å². The predicted molar refractivity (Wildman–Crippen MR) is 136 cm³/mol. The van der Waals surface area contributed by atoms with Crippen LogP contribution in [0.25, 0.3) is 5.57 Å². The maximum absolute atomic E-state index is 13.1. The zero-order valence-electron chi connectivity index (χ0n) is 18.4. The third-order valence-electron chi connectivity index (χ3n) is 5.65. The van der Waals surface area contributed by atoms with Crippen LogP contribution in [-0.4, -0.2) is 29.9 Å². The lowest BCUT2D eigenvalue weighted by atomic mass is 9.98. The number of allylic oxidation sites excluding steroid dienone is 2. The van der Waals surface area contributed by atoms with E-state index in [1.165, 1.54) is 16.9 Å². The summed E-state index contributed by atoms with van der Waals surface area (Å²) in [5.74, 6) is -0.590. The van der Waals surface area contributed by atoms with Gasteiger partial charge in [0, 0.05) is 45.8 Å². The Balaban J connectivity index is 1.35. The molecule has 2 aromatic carbocycles. The van der Waals surface area contributed by atoms with E-state index in [9.17, 15) is 14.4 Å². The Kier molecular flexibility index (Phi) is 5.77. The van der Waals surface area contributed by atoms with Crippen LogP contribution in [0.15, 0.2) is 82.7 Å². The average Bonchev–Trinajstić information content (AvgIpc) is 3.57. The van der Waals surface area contributed by atoms with Crippen molar-refractivity contribution in [3.8, 4) is 0 Å². The van der Waals surface area contributed by atoms with E-state index in [0.29, 0.717) is 45.9 Å². The van der Waals surface area contributed by atoms with Gasteiger partial charge in [-0.25, -0.2) is 0 Å². The molecule has 168 valence electrons. The van der Waals surface area contributed by atoms with Gasteiger partial charge in [-0.05, 0) is 42.6 Å². The van der Waals surface area contributed by atoms with Crippen LogP contribution in [0.4, 0.5) is 11.4 Å². The second-order valence-corrected chi connectivity index (χ2v) is 9.12. The summed E-state index contributed by atoms with van der Waals surface area (Å²) in [5, 5.41) is 7.52. The number of nitrogens with zero attached hydrogens (tertiary/aromatic N) is 1. The first-order valence-corrected chi connectivity index (χ1v) is 11.7. The largest absolute Gasteiger partial charge is 0.321 e. The summed E-state index contributed by atoms with van der Waals surface area (Å²) in [6.07, 6.45) is 4.52. The molecule has 7 heteroatoms. The summed E-state index contributed by atoms with van der Waals surface area (Å²) >= 11 is 1.35. The van der Waals surface area contributed by atoms with Crippen LogP contribution in [0.3, 0.4) is 0 Å². The lowest BCUT2D eigenvalue weighted by Gasteiger charge is -2.08. The normalized spacial score (nSPS) is 15.6. The van der Waals surface area contributed by atoms with E-state index in [1.54, 1.807) is 48.5 Å². The highest BCUT2D eigenvalue weighted by Gasteiger charge is 2.25. The number of aliphatic imine (C=N–C) groups is 1. The van der Waals surface area contributed by atoms with Crippen molar-refractivity contribution in [2.75, 3.05) is 17.2 Å². The van der Waals surface area contributed by atoms with Crippen LogP contribution >= 0.6 is 11.3 Å². The maximum atomic E-state index is 13.1. The van der Waals surface area contributed by atoms with Gasteiger partial charge in [-0.1, -0.05) is 42.0 Å². The van der Waals surface area contributed by atoms with Gasteiger partial charge in [-0.15, -0.1) is 11.3 Å². The molecule has 2 N–H and O–H groups in total. The zero-order valence-corrected chi connectivity index (χ0v) is 19.2. The van der Waals surface area contributed by atoms with Crippen molar-refractivity contribution in [3.05, 3.63) is 99.3 Å². The quantitative estimate of drug-likeness (QED) is 0.378. The van der Waals surface area contributed by atoms with Crippen LogP contribution < -0.4 is 10.6 Å². The van der Waals surface area contributed by atoms with Gasteiger partial charge < -0.3 is 10.6 Å². The molecule has 34 heavy (non-hydrogen) atoms. The van der Waals surface area contributed by atoms with Crippen LogP contribution in [0.5, 0.6) is 0 Å². The third-order valence-corrected chi connectivity index (χ3v) is 6.52. The standard InChI is InChI=1S/C27H21N3O3S/c1-16-12-19(28-15-16)8-10-22-21-9-7-18(14-23(21)30-26(22)32)25(31)17-4-2-5-20(13-17)29-27(33)24-6-3-11-34-24/h2-7,9-14H,8,15H2,1H3,(H,29,33)(H,30,32)/b22-10-. The summed E-state index contributed by atoms with van der Waals surface area (Å²) in [6, 6.07) is 15.6. The summed E-state index contributed by atoms with van der Waals surface area (Å²) in [7, 11) is 0. The number of carbonyl (C=O) groups excluding carboxylic acids is 3. The Morgan fingerprint density at radius 1 is 1.12 bits per heavy atom. The Labute approximate surface area is 200 Å². The molecule has 0 atom stereocenters. The highest BCUT2D eigenvalue weighted by molar-refractivity contribution is 7.12. The molecule has 2 aliphatic heterocycles. The van der Waals surface area contributed by atoms with Crippen molar-refractivity contribution >= 4 is 51.6 Å². The summed E-state index contributed by atoms with van der Waals surface area (Å²) in [5.41, 5.74) is 5.61. The summed E-state index contributed by atoms with van der Waals surface area (Å²) in [6.45, 7) is 2.75. The Hall–Kier alpha value is -4.10. The fourth-order valence-electron chi connectivity index (χ4n) is 3.98. The van der Waals surface area contributed by atoms with Crippen LogP contribution in [0.2, 0.25) is 0 Å². The van der Waals surface area contributed by atoms with Crippen molar-refractivity contribution in [2.45, 2.75) is 13.3 Å². The van der Waals surface area contributed by atoms with Gasteiger partial charge in [0.05, 0.1) is 11.4 Å². The molecule has 1 aromatic heterocycles. The number of amides is 2. The van der Waals surface area contributed by atoms with Crippen molar-refractivity contribution in [2.24, 2.45) is 4.99 Å². The van der Waals surface area contributed by atoms with E-state index >= 15 is 0 Å². The minimum absolute atomic E-state index is 0.183. The highest BCUT2D eigenvalue weighted by Crippen LogP contribution is 2.33. The zero-order chi connectivity index (χ0) is 23.7. The number of hydrogen-bond donors (Lipinski definition) is 2. The first kappa shape index (κ1) is 21.7. The number of rotatable bonds is 6. The molecule has 0 saturated heterocycles. The summed E-state index contributed by atoms with van der Waals surface area (Å²) in [4.78, 5) is 43.1. The van der Waals surface area contributed by atoms with E-state index in [2.05, 4.69) is 15.6 Å². The number of fused-ring (bicyclic) bond motifs is 1. The maximum Gasteiger partial charge on any atom is 0.265 e. The van der Waals surface area contributed by atoms with Gasteiger partial charge in [0.15, 0.2) is 5.78 Å².